The van der Waals surface area contributed by atoms with Gasteiger partial charge in [-0.1, -0.05) is 0 Å². The first-order valence-corrected chi connectivity index (χ1v) is 7.43. The van der Waals surface area contributed by atoms with Gasteiger partial charge >= 0.3 is 0 Å². The van der Waals surface area contributed by atoms with Crippen LogP contribution >= 0.6 is 0 Å². The Kier molecular flexibility index (Phi) is 3.85. The summed E-state index contributed by atoms with van der Waals surface area (Å²) in [6.07, 6.45) is 7.68. The van der Waals surface area contributed by atoms with Crippen molar-refractivity contribution in [2.45, 2.75) is 63.1 Å². The van der Waals surface area contributed by atoms with Crippen molar-refractivity contribution in [1.82, 2.24) is 10.6 Å². The summed E-state index contributed by atoms with van der Waals surface area (Å²) in [5, 5.41) is 6.80. The second-order valence-corrected chi connectivity index (χ2v) is 6.13. The minimum Gasteiger partial charge on any atom is -0.381 e. The van der Waals surface area contributed by atoms with Gasteiger partial charge in [0.25, 0.3) is 0 Å². The molecule has 4 heteroatoms. The Morgan fingerprint density at radius 2 is 1.78 bits per heavy atom. The number of ether oxygens (including phenoxy) is 1. The predicted molar refractivity (Wildman–Crippen MR) is 69.3 cm³/mol. The molecule has 2 unspecified atom stereocenters. The Bertz CT molecular complexity index is 290. The maximum atomic E-state index is 12.0. The fraction of sp³-hybridized carbons (Fsp3) is 0.929. The molecule has 18 heavy (non-hydrogen) atoms. The number of carbonyl (C=O) groups excluding carboxylic acids is 1. The molecule has 2 N–H and O–H groups in total. The van der Waals surface area contributed by atoms with Crippen LogP contribution in [0.4, 0.5) is 0 Å². The number of rotatable bonds is 3. The molecule has 0 aromatic carbocycles. The molecule has 4 nitrogen and oxygen atoms in total. The minimum absolute atomic E-state index is 0.258. The van der Waals surface area contributed by atoms with Crippen LogP contribution in [0.2, 0.25) is 0 Å². The van der Waals surface area contributed by atoms with Gasteiger partial charge < -0.3 is 15.4 Å². The van der Waals surface area contributed by atoms with E-state index in [1.807, 2.05) is 0 Å². The fourth-order valence-electron chi connectivity index (χ4n) is 3.73. The number of carbonyl (C=O) groups is 1. The first-order valence-electron chi connectivity index (χ1n) is 7.43. The molecule has 102 valence electrons. The van der Waals surface area contributed by atoms with Gasteiger partial charge in [0, 0.05) is 37.8 Å². The largest absolute Gasteiger partial charge is 0.381 e. The van der Waals surface area contributed by atoms with Crippen LogP contribution in [-0.2, 0) is 9.53 Å². The highest BCUT2D eigenvalue weighted by molar-refractivity contribution is 5.76. The van der Waals surface area contributed by atoms with Crippen molar-refractivity contribution in [3.05, 3.63) is 0 Å². The van der Waals surface area contributed by atoms with Crippen molar-refractivity contribution in [2.75, 3.05) is 13.2 Å². The van der Waals surface area contributed by atoms with E-state index in [9.17, 15) is 4.79 Å². The number of fused-ring (bicyclic) bond motifs is 2. The third-order valence-corrected chi connectivity index (χ3v) is 4.63. The van der Waals surface area contributed by atoms with Gasteiger partial charge in [-0.2, -0.15) is 0 Å². The zero-order valence-electron chi connectivity index (χ0n) is 11.0. The van der Waals surface area contributed by atoms with Crippen molar-refractivity contribution in [2.24, 2.45) is 5.92 Å². The molecular weight excluding hydrogens is 228 g/mol. The lowest BCUT2D eigenvalue weighted by Gasteiger charge is -2.29. The number of amides is 1. The molecule has 2 atom stereocenters. The van der Waals surface area contributed by atoms with E-state index in [4.69, 9.17) is 4.74 Å². The van der Waals surface area contributed by atoms with E-state index < -0.39 is 0 Å². The summed E-state index contributed by atoms with van der Waals surface area (Å²) < 4.78 is 5.31. The number of hydrogen-bond donors (Lipinski definition) is 2. The Morgan fingerprint density at radius 3 is 2.44 bits per heavy atom. The molecule has 0 saturated carbocycles. The van der Waals surface area contributed by atoms with E-state index in [2.05, 4.69) is 10.6 Å². The molecule has 3 heterocycles. The van der Waals surface area contributed by atoms with E-state index in [0.717, 1.165) is 32.5 Å². The smallest absolute Gasteiger partial charge is 0.220 e. The summed E-state index contributed by atoms with van der Waals surface area (Å²) in [6, 6.07) is 1.72. The second kappa shape index (κ2) is 5.57. The normalized spacial score (nSPS) is 36.6. The quantitative estimate of drug-likeness (QED) is 0.793. The molecule has 0 radical (unpaired) electrons. The Labute approximate surface area is 109 Å². The van der Waals surface area contributed by atoms with Gasteiger partial charge in [-0.15, -0.1) is 0 Å². The molecule has 0 spiro atoms. The molecule has 0 aliphatic carbocycles. The van der Waals surface area contributed by atoms with Crippen molar-refractivity contribution >= 4 is 5.91 Å². The van der Waals surface area contributed by atoms with Gasteiger partial charge in [0.1, 0.15) is 0 Å². The Morgan fingerprint density at radius 1 is 1.11 bits per heavy atom. The SMILES string of the molecule is O=C(CC1CC2CCC(C1)N2)NC1CCOCC1. The summed E-state index contributed by atoms with van der Waals surface area (Å²) in [6.45, 7) is 1.59. The molecular formula is C14H24N2O2. The van der Waals surface area contributed by atoms with Gasteiger partial charge in [-0.25, -0.2) is 0 Å². The lowest BCUT2D eigenvalue weighted by molar-refractivity contribution is -0.123. The van der Waals surface area contributed by atoms with Gasteiger partial charge in [0.15, 0.2) is 0 Å². The van der Waals surface area contributed by atoms with Gasteiger partial charge in [-0.3, -0.25) is 4.79 Å². The van der Waals surface area contributed by atoms with Gasteiger partial charge in [0.2, 0.25) is 5.91 Å². The van der Waals surface area contributed by atoms with Crippen molar-refractivity contribution in [1.29, 1.82) is 0 Å². The number of hydrogen-bond acceptors (Lipinski definition) is 3. The summed E-state index contributed by atoms with van der Waals surface area (Å²) >= 11 is 0. The maximum Gasteiger partial charge on any atom is 0.220 e. The molecule has 3 rings (SSSR count). The molecule has 0 aromatic heterocycles. The van der Waals surface area contributed by atoms with Crippen LogP contribution in [0.5, 0.6) is 0 Å². The highest BCUT2D eigenvalue weighted by Gasteiger charge is 2.34. The molecule has 1 amide bonds. The summed E-state index contributed by atoms with van der Waals surface area (Å²) in [5.74, 6) is 0.858. The summed E-state index contributed by atoms with van der Waals surface area (Å²) in [4.78, 5) is 12.0. The summed E-state index contributed by atoms with van der Waals surface area (Å²) in [7, 11) is 0. The Hall–Kier alpha value is -0.610. The predicted octanol–water partition coefficient (Wildman–Crippen LogP) is 1.20. The Balaban J connectivity index is 1.43. The monoisotopic (exact) mass is 252 g/mol. The van der Waals surface area contributed by atoms with E-state index in [1.165, 1.54) is 25.7 Å². The standard InChI is InChI=1S/C14H24N2O2/c17-14(16-11-3-5-18-6-4-11)9-10-7-12-1-2-13(8-10)15-12/h10-13,15H,1-9H2,(H,16,17). The molecule has 0 aromatic rings. The number of piperidine rings is 1. The topological polar surface area (TPSA) is 50.4 Å². The van der Waals surface area contributed by atoms with Crippen molar-refractivity contribution < 1.29 is 9.53 Å². The van der Waals surface area contributed by atoms with Crippen molar-refractivity contribution in [3.8, 4) is 0 Å². The third kappa shape index (κ3) is 3.04. The van der Waals surface area contributed by atoms with Crippen LogP contribution in [0.15, 0.2) is 0 Å². The van der Waals surface area contributed by atoms with Crippen LogP contribution in [0.3, 0.4) is 0 Å². The first-order chi connectivity index (χ1) is 8.79. The number of nitrogens with one attached hydrogen (secondary N) is 2. The van der Waals surface area contributed by atoms with E-state index in [1.54, 1.807) is 0 Å². The summed E-state index contributed by atoms with van der Waals surface area (Å²) in [5.41, 5.74) is 0. The highest BCUT2D eigenvalue weighted by Crippen LogP contribution is 2.32. The lowest BCUT2D eigenvalue weighted by Crippen LogP contribution is -2.42. The molecule has 3 aliphatic rings. The van der Waals surface area contributed by atoms with Crippen LogP contribution < -0.4 is 10.6 Å². The average Bonchev–Trinajstić information content (AvgIpc) is 2.70. The molecule has 2 bridgehead atoms. The first kappa shape index (κ1) is 12.4. The lowest BCUT2D eigenvalue weighted by atomic mass is 9.89. The van der Waals surface area contributed by atoms with Crippen LogP contribution in [0, 0.1) is 5.92 Å². The maximum absolute atomic E-state index is 12.0. The van der Waals surface area contributed by atoms with Crippen LogP contribution in [0.1, 0.15) is 44.9 Å². The fourth-order valence-corrected chi connectivity index (χ4v) is 3.73. The third-order valence-electron chi connectivity index (χ3n) is 4.63. The second-order valence-electron chi connectivity index (χ2n) is 6.13. The van der Waals surface area contributed by atoms with Crippen LogP contribution in [-0.4, -0.2) is 37.2 Å². The van der Waals surface area contributed by atoms with Crippen LogP contribution in [0.25, 0.3) is 0 Å². The van der Waals surface area contributed by atoms with Gasteiger partial charge in [-0.05, 0) is 44.4 Å². The minimum atomic E-state index is 0.258. The van der Waals surface area contributed by atoms with Gasteiger partial charge in [0.05, 0.1) is 0 Å². The zero-order valence-corrected chi connectivity index (χ0v) is 11.0. The van der Waals surface area contributed by atoms with Crippen molar-refractivity contribution in [3.63, 3.8) is 0 Å². The van der Waals surface area contributed by atoms with E-state index in [0.29, 0.717) is 24.0 Å². The van der Waals surface area contributed by atoms with E-state index in [-0.39, 0.29) is 5.91 Å². The molecule has 3 fully saturated rings. The zero-order chi connectivity index (χ0) is 12.4. The molecule has 3 saturated heterocycles. The highest BCUT2D eigenvalue weighted by atomic mass is 16.5. The average molecular weight is 252 g/mol. The molecule has 3 aliphatic heterocycles. The van der Waals surface area contributed by atoms with E-state index >= 15 is 0 Å².